The molecular formula is C19H28F3NO2S. The summed E-state index contributed by atoms with van der Waals surface area (Å²) in [6.45, 7) is 2.21. The van der Waals surface area contributed by atoms with Crippen molar-refractivity contribution in [3.05, 3.63) is 33.9 Å². The van der Waals surface area contributed by atoms with Crippen LogP contribution in [0.2, 0.25) is 0 Å². The van der Waals surface area contributed by atoms with Gasteiger partial charge in [0.2, 0.25) is 0 Å². The molecule has 3 nitrogen and oxygen atoms in total. The molecule has 0 saturated heterocycles. The Morgan fingerprint density at radius 3 is 2.00 bits per heavy atom. The molecule has 0 spiro atoms. The molecule has 0 aliphatic carbocycles. The topological polar surface area (TPSA) is 43.1 Å². The molecule has 1 rings (SSSR count). The zero-order valence-electron chi connectivity index (χ0n) is 15.3. The summed E-state index contributed by atoms with van der Waals surface area (Å²) in [5, 5.41) is 11.0. The van der Waals surface area contributed by atoms with E-state index in [0.29, 0.717) is 16.7 Å². The Labute approximate surface area is 157 Å². The van der Waals surface area contributed by atoms with Crippen molar-refractivity contribution >= 4 is 17.4 Å². The van der Waals surface area contributed by atoms with E-state index in [-0.39, 0.29) is 0 Å². The molecule has 1 aromatic carbocycles. The fraction of sp³-hybridized carbons (Fsp3) is 0.684. The van der Waals surface area contributed by atoms with E-state index >= 15 is 0 Å². The highest BCUT2D eigenvalue weighted by molar-refractivity contribution is 7.99. The molecule has 0 aliphatic rings. The number of rotatable bonds is 13. The van der Waals surface area contributed by atoms with Gasteiger partial charge >= 0.3 is 6.18 Å². The van der Waals surface area contributed by atoms with E-state index in [0.717, 1.165) is 25.3 Å². The number of nitrogens with zero attached hydrogens (tertiary/aromatic N) is 1. The fourth-order valence-electron chi connectivity index (χ4n) is 2.73. The first-order chi connectivity index (χ1) is 12.4. The average molecular weight is 391 g/mol. The maximum atomic E-state index is 12.7. The third kappa shape index (κ3) is 8.92. The molecule has 0 atom stereocenters. The lowest BCUT2D eigenvalue weighted by Gasteiger charge is -2.08. The van der Waals surface area contributed by atoms with Gasteiger partial charge in [-0.3, -0.25) is 10.1 Å². The Bertz CT molecular complexity index is 550. The monoisotopic (exact) mass is 391 g/mol. The molecule has 0 N–H and O–H groups in total. The second-order valence-electron chi connectivity index (χ2n) is 6.47. The Hall–Kier alpha value is -1.24. The van der Waals surface area contributed by atoms with Crippen LogP contribution in [0.3, 0.4) is 0 Å². The van der Waals surface area contributed by atoms with Gasteiger partial charge in [-0.2, -0.15) is 13.2 Å². The number of halogens is 3. The summed E-state index contributed by atoms with van der Waals surface area (Å²) in [4.78, 5) is 10.6. The summed E-state index contributed by atoms with van der Waals surface area (Å²) in [7, 11) is 0. The molecule has 0 aliphatic heterocycles. The number of unbranched alkanes of at least 4 members (excludes halogenated alkanes) is 9. The molecule has 1 aromatic rings. The number of hydrogen-bond acceptors (Lipinski definition) is 3. The minimum absolute atomic E-state index is 0.305. The van der Waals surface area contributed by atoms with Crippen molar-refractivity contribution in [3.63, 3.8) is 0 Å². The standard InChI is InChI=1S/C19H28F3NO2S/c1-2-3-4-5-6-7-8-9-10-11-14-26-18-13-12-16(19(20,21)22)15-17(18)23(24)25/h12-13,15H,2-11,14H2,1H3. The van der Waals surface area contributed by atoms with E-state index in [1.165, 1.54) is 62.8 Å². The van der Waals surface area contributed by atoms with Crippen molar-refractivity contribution in [1.82, 2.24) is 0 Å². The van der Waals surface area contributed by atoms with Crippen LogP contribution in [0.5, 0.6) is 0 Å². The molecule has 7 heteroatoms. The number of nitro benzene ring substituents is 1. The van der Waals surface area contributed by atoms with Crippen molar-refractivity contribution in [2.24, 2.45) is 0 Å². The normalized spacial score (nSPS) is 11.7. The second-order valence-corrected chi connectivity index (χ2v) is 7.60. The van der Waals surface area contributed by atoms with Crippen molar-refractivity contribution in [2.45, 2.75) is 82.2 Å². The largest absolute Gasteiger partial charge is 0.416 e. The van der Waals surface area contributed by atoms with Crippen molar-refractivity contribution in [2.75, 3.05) is 5.75 Å². The molecule has 148 valence electrons. The average Bonchev–Trinajstić information content (AvgIpc) is 2.58. The summed E-state index contributed by atoms with van der Waals surface area (Å²) < 4.78 is 38.0. The first-order valence-corrected chi connectivity index (χ1v) is 10.3. The van der Waals surface area contributed by atoms with E-state index in [4.69, 9.17) is 0 Å². The van der Waals surface area contributed by atoms with E-state index in [9.17, 15) is 23.3 Å². The highest BCUT2D eigenvalue weighted by Crippen LogP contribution is 2.36. The molecule has 0 radical (unpaired) electrons. The number of alkyl halides is 3. The van der Waals surface area contributed by atoms with Crippen LogP contribution >= 0.6 is 11.8 Å². The van der Waals surface area contributed by atoms with Crippen LogP contribution in [0.25, 0.3) is 0 Å². The first-order valence-electron chi connectivity index (χ1n) is 9.34. The molecule has 0 amide bonds. The van der Waals surface area contributed by atoms with Crippen molar-refractivity contribution in [1.29, 1.82) is 0 Å². The summed E-state index contributed by atoms with van der Waals surface area (Å²) in [6, 6.07) is 2.75. The lowest BCUT2D eigenvalue weighted by molar-refractivity contribution is -0.388. The Kier molecular flexibility index (Phi) is 10.7. The molecule has 0 heterocycles. The number of thioether (sulfide) groups is 1. The van der Waals surface area contributed by atoms with Crippen LogP contribution in [-0.2, 0) is 6.18 Å². The van der Waals surface area contributed by atoms with Gasteiger partial charge < -0.3 is 0 Å². The lowest BCUT2D eigenvalue weighted by Crippen LogP contribution is -2.06. The third-order valence-electron chi connectivity index (χ3n) is 4.24. The Morgan fingerprint density at radius 1 is 0.962 bits per heavy atom. The van der Waals surface area contributed by atoms with Gasteiger partial charge in [0, 0.05) is 6.07 Å². The zero-order chi connectivity index (χ0) is 19.4. The maximum Gasteiger partial charge on any atom is 0.416 e. The number of benzene rings is 1. The highest BCUT2D eigenvalue weighted by atomic mass is 32.2. The quantitative estimate of drug-likeness (QED) is 0.150. The molecular weight excluding hydrogens is 363 g/mol. The van der Waals surface area contributed by atoms with E-state index < -0.39 is 22.4 Å². The fourth-order valence-corrected chi connectivity index (χ4v) is 3.74. The van der Waals surface area contributed by atoms with Crippen LogP contribution in [0.15, 0.2) is 23.1 Å². The van der Waals surface area contributed by atoms with Gasteiger partial charge in [0.1, 0.15) is 0 Å². The lowest BCUT2D eigenvalue weighted by atomic mass is 10.1. The van der Waals surface area contributed by atoms with Gasteiger partial charge in [0.15, 0.2) is 0 Å². The van der Waals surface area contributed by atoms with Gasteiger partial charge in [0.05, 0.1) is 15.4 Å². The number of hydrogen-bond donors (Lipinski definition) is 0. The molecule has 0 unspecified atom stereocenters. The molecule has 0 aromatic heterocycles. The van der Waals surface area contributed by atoms with E-state index in [2.05, 4.69) is 6.92 Å². The van der Waals surface area contributed by atoms with E-state index in [1.54, 1.807) is 0 Å². The van der Waals surface area contributed by atoms with Gasteiger partial charge in [-0.1, -0.05) is 64.7 Å². The van der Waals surface area contributed by atoms with Crippen molar-refractivity contribution < 1.29 is 18.1 Å². The maximum absolute atomic E-state index is 12.7. The van der Waals surface area contributed by atoms with Gasteiger partial charge in [-0.25, -0.2) is 0 Å². The summed E-state index contributed by atoms with van der Waals surface area (Å²) in [6.07, 6.45) is 7.48. The van der Waals surface area contributed by atoms with Crippen LogP contribution in [-0.4, -0.2) is 10.7 Å². The van der Waals surface area contributed by atoms with Gasteiger partial charge in [0.25, 0.3) is 5.69 Å². The van der Waals surface area contributed by atoms with E-state index in [1.807, 2.05) is 0 Å². The summed E-state index contributed by atoms with van der Waals surface area (Å²) >= 11 is 1.26. The van der Waals surface area contributed by atoms with Crippen LogP contribution < -0.4 is 0 Å². The van der Waals surface area contributed by atoms with Crippen molar-refractivity contribution in [3.8, 4) is 0 Å². The molecule has 0 fully saturated rings. The zero-order valence-corrected chi connectivity index (χ0v) is 16.1. The van der Waals surface area contributed by atoms with Crippen LogP contribution in [0.4, 0.5) is 18.9 Å². The second kappa shape index (κ2) is 12.2. The highest BCUT2D eigenvalue weighted by Gasteiger charge is 2.33. The minimum Gasteiger partial charge on any atom is -0.258 e. The Balaban J connectivity index is 2.28. The summed E-state index contributed by atoms with van der Waals surface area (Å²) in [5.74, 6) is 0.683. The smallest absolute Gasteiger partial charge is 0.258 e. The predicted octanol–water partition coefficient (Wildman–Crippen LogP) is 7.63. The first kappa shape index (κ1) is 22.8. The molecule has 26 heavy (non-hydrogen) atoms. The molecule has 0 bridgehead atoms. The predicted molar refractivity (Wildman–Crippen MR) is 101 cm³/mol. The minimum atomic E-state index is -4.56. The number of nitro groups is 1. The van der Waals surface area contributed by atoms with Gasteiger partial charge in [-0.05, 0) is 24.3 Å². The third-order valence-corrected chi connectivity index (χ3v) is 5.39. The molecule has 0 saturated carbocycles. The van der Waals surface area contributed by atoms with Crippen LogP contribution in [0, 0.1) is 10.1 Å². The van der Waals surface area contributed by atoms with Gasteiger partial charge in [-0.15, -0.1) is 11.8 Å². The Morgan fingerprint density at radius 2 is 1.50 bits per heavy atom. The summed E-state index contributed by atoms with van der Waals surface area (Å²) in [5.41, 5.74) is -1.44. The van der Waals surface area contributed by atoms with Crippen LogP contribution in [0.1, 0.15) is 76.7 Å². The SMILES string of the molecule is CCCCCCCCCCCCSc1ccc(C(F)(F)F)cc1[N+](=O)[O-].